The summed E-state index contributed by atoms with van der Waals surface area (Å²) < 4.78 is 31.7. The SMILES string of the molecule is CCCCCCN(CCC)NC(=O)/C=C/c1ccc(CNCCc2c(C)[nH]c3ccccc23)cc1.O=C(O)C(F)(F)F. The minimum atomic E-state index is -5.08. The maximum absolute atomic E-state index is 12.4. The summed E-state index contributed by atoms with van der Waals surface area (Å²) in [7, 11) is 0. The molecule has 1 aromatic heterocycles. The van der Waals surface area contributed by atoms with E-state index < -0.39 is 12.1 Å². The van der Waals surface area contributed by atoms with Crippen molar-refractivity contribution >= 4 is 28.9 Å². The molecule has 3 rings (SSSR count). The number of unbranched alkanes of at least 4 members (excludes halogenated alkanes) is 3. The molecule has 2 aromatic carbocycles. The van der Waals surface area contributed by atoms with Gasteiger partial charge in [-0.05, 0) is 61.6 Å². The van der Waals surface area contributed by atoms with Gasteiger partial charge < -0.3 is 15.4 Å². The van der Waals surface area contributed by atoms with E-state index in [1.54, 1.807) is 6.08 Å². The number of carbonyl (C=O) groups excluding carboxylic acids is 1. The Balaban J connectivity index is 0.000000782. The number of aromatic nitrogens is 1. The van der Waals surface area contributed by atoms with Crippen molar-refractivity contribution in [3.8, 4) is 0 Å². The molecule has 0 bridgehead atoms. The topological polar surface area (TPSA) is 97.5 Å². The van der Waals surface area contributed by atoms with Crippen LogP contribution in [0.5, 0.6) is 0 Å². The highest BCUT2D eigenvalue weighted by Crippen LogP contribution is 2.22. The average molecular weight is 589 g/mol. The summed E-state index contributed by atoms with van der Waals surface area (Å²) in [6.07, 6.45) is 5.26. The third-order valence-electron chi connectivity index (χ3n) is 6.60. The molecule has 10 heteroatoms. The zero-order chi connectivity index (χ0) is 31.0. The molecule has 0 spiro atoms. The summed E-state index contributed by atoms with van der Waals surface area (Å²) in [4.78, 5) is 24.8. The highest BCUT2D eigenvalue weighted by atomic mass is 19.4. The summed E-state index contributed by atoms with van der Waals surface area (Å²) in [6, 6.07) is 16.9. The van der Waals surface area contributed by atoms with Crippen LogP contribution in [0.25, 0.3) is 17.0 Å². The lowest BCUT2D eigenvalue weighted by Gasteiger charge is -2.21. The summed E-state index contributed by atoms with van der Waals surface area (Å²) in [5.74, 6) is -2.82. The number of hydrogen-bond donors (Lipinski definition) is 4. The first kappa shape index (κ1) is 34.6. The Morgan fingerprint density at radius 1 is 0.976 bits per heavy atom. The minimum Gasteiger partial charge on any atom is -0.475 e. The highest BCUT2D eigenvalue weighted by molar-refractivity contribution is 5.91. The normalized spacial score (nSPS) is 11.6. The van der Waals surface area contributed by atoms with Crippen LogP contribution in [-0.4, -0.2) is 52.8 Å². The quantitative estimate of drug-likeness (QED) is 0.0892. The van der Waals surface area contributed by atoms with Gasteiger partial charge in [-0.25, -0.2) is 9.80 Å². The number of hydrazine groups is 1. The number of aliphatic carboxylic acids is 1. The molecule has 4 N–H and O–H groups in total. The Morgan fingerprint density at radius 2 is 1.67 bits per heavy atom. The molecule has 1 heterocycles. The van der Waals surface area contributed by atoms with E-state index in [1.807, 2.05) is 6.08 Å². The second-order valence-corrected chi connectivity index (χ2v) is 10.1. The summed E-state index contributed by atoms with van der Waals surface area (Å²) in [6.45, 7) is 10.1. The van der Waals surface area contributed by atoms with E-state index >= 15 is 0 Å². The van der Waals surface area contributed by atoms with E-state index in [0.717, 1.165) is 51.0 Å². The van der Waals surface area contributed by atoms with Gasteiger partial charge in [0.1, 0.15) is 0 Å². The van der Waals surface area contributed by atoms with E-state index in [0.29, 0.717) is 0 Å². The second kappa shape index (κ2) is 18.0. The minimum absolute atomic E-state index is 0.0627. The molecule has 0 fully saturated rings. The number of aryl methyl sites for hydroxylation is 1. The van der Waals surface area contributed by atoms with Crippen molar-refractivity contribution in [1.29, 1.82) is 0 Å². The smallest absolute Gasteiger partial charge is 0.475 e. The Labute approximate surface area is 246 Å². The molecule has 0 aliphatic rings. The average Bonchev–Trinajstić information content (AvgIpc) is 3.27. The van der Waals surface area contributed by atoms with Gasteiger partial charge in [0, 0.05) is 42.3 Å². The van der Waals surface area contributed by atoms with E-state index in [1.165, 1.54) is 47.0 Å². The third-order valence-corrected chi connectivity index (χ3v) is 6.60. The molecule has 3 aromatic rings. The van der Waals surface area contributed by atoms with Crippen molar-refractivity contribution in [2.45, 2.75) is 72.0 Å². The number of hydrogen-bond acceptors (Lipinski definition) is 4. The second-order valence-electron chi connectivity index (χ2n) is 10.1. The molecule has 7 nitrogen and oxygen atoms in total. The van der Waals surface area contributed by atoms with Crippen LogP contribution in [0.15, 0.2) is 54.6 Å². The molecule has 0 saturated heterocycles. The first-order valence-corrected chi connectivity index (χ1v) is 14.4. The number of fused-ring (bicyclic) bond motifs is 1. The molecule has 0 saturated carbocycles. The van der Waals surface area contributed by atoms with E-state index in [4.69, 9.17) is 9.90 Å². The Bertz CT molecular complexity index is 1270. The monoisotopic (exact) mass is 588 g/mol. The van der Waals surface area contributed by atoms with Crippen LogP contribution in [-0.2, 0) is 22.6 Å². The molecular weight excluding hydrogens is 545 g/mol. The van der Waals surface area contributed by atoms with Gasteiger partial charge in [0.25, 0.3) is 5.91 Å². The number of carboxylic acid groups (broad SMARTS) is 1. The number of H-pyrrole nitrogens is 1. The Morgan fingerprint density at radius 3 is 2.31 bits per heavy atom. The molecule has 0 aliphatic heterocycles. The fourth-order valence-corrected chi connectivity index (χ4v) is 4.44. The van der Waals surface area contributed by atoms with Gasteiger partial charge in [-0.15, -0.1) is 0 Å². The van der Waals surface area contributed by atoms with Gasteiger partial charge in [-0.1, -0.05) is 75.6 Å². The summed E-state index contributed by atoms with van der Waals surface area (Å²) in [5.41, 5.74) is 9.16. The van der Waals surface area contributed by atoms with Gasteiger partial charge in [0.05, 0.1) is 0 Å². The number of carboxylic acids is 1. The fraction of sp³-hybridized carbons (Fsp3) is 0.438. The summed E-state index contributed by atoms with van der Waals surface area (Å²) >= 11 is 0. The van der Waals surface area contributed by atoms with Crippen molar-refractivity contribution in [3.63, 3.8) is 0 Å². The maximum atomic E-state index is 12.4. The molecule has 0 aliphatic carbocycles. The van der Waals surface area contributed by atoms with Crippen molar-refractivity contribution in [1.82, 2.24) is 20.7 Å². The predicted octanol–water partition coefficient (Wildman–Crippen LogP) is 6.78. The number of nitrogens with one attached hydrogen (secondary N) is 3. The first-order chi connectivity index (χ1) is 20.0. The van der Waals surface area contributed by atoms with Crippen LogP contribution >= 0.6 is 0 Å². The molecular formula is C32H43F3N4O3. The van der Waals surface area contributed by atoms with E-state index in [9.17, 15) is 18.0 Å². The molecule has 42 heavy (non-hydrogen) atoms. The van der Waals surface area contributed by atoms with Gasteiger partial charge in [-0.2, -0.15) is 13.2 Å². The largest absolute Gasteiger partial charge is 0.490 e. The van der Waals surface area contributed by atoms with Crippen molar-refractivity contribution in [2.75, 3.05) is 19.6 Å². The fourth-order valence-electron chi connectivity index (χ4n) is 4.44. The number of rotatable bonds is 15. The lowest BCUT2D eigenvalue weighted by molar-refractivity contribution is -0.192. The zero-order valence-electron chi connectivity index (χ0n) is 24.7. The van der Waals surface area contributed by atoms with Crippen LogP contribution < -0.4 is 10.7 Å². The molecule has 0 radical (unpaired) electrons. The predicted molar refractivity (Wildman–Crippen MR) is 162 cm³/mol. The molecule has 0 unspecified atom stereocenters. The highest BCUT2D eigenvalue weighted by Gasteiger charge is 2.38. The van der Waals surface area contributed by atoms with Crippen LogP contribution in [0.3, 0.4) is 0 Å². The standard InChI is InChI=1S/C30H42N4O.C2HF3O2/c1-4-6-7-10-22-34(21-5-2)33-30(35)18-17-25-13-15-26(16-14-25)23-31-20-19-27-24(3)32-29-12-9-8-11-28(27)29;3-2(4,5)1(6)7/h8-9,11-18,31-32H,4-7,10,19-23H2,1-3H3,(H,33,35);(H,6,7)/b18-17+;. The molecule has 1 amide bonds. The number of amides is 1. The van der Waals surface area contributed by atoms with E-state index in [-0.39, 0.29) is 5.91 Å². The molecule has 0 atom stereocenters. The number of para-hydroxylation sites is 1. The van der Waals surface area contributed by atoms with Gasteiger partial charge >= 0.3 is 12.1 Å². The number of nitrogens with zero attached hydrogens (tertiary/aromatic N) is 1. The Kier molecular flexibility index (Phi) is 14.8. The van der Waals surface area contributed by atoms with Gasteiger partial charge in [0.15, 0.2) is 0 Å². The van der Waals surface area contributed by atoms with E-state index in [2.05, 4.69) is 90.0 Å². The lowest BCUT2D eigenvalue weighted by Crippen LogP contribution is -2.42. The van der Waals surface area contributed by atoms with Crippen LogP contribution in [0.2, 0.25) is 0 Å². The number of aromatic amines is 1. The van der Waals surface area contributed by atoms with Crippen LogP contribution in [0.4, 0.5) is 13.2 Å². The Hall–Kier alpha value is -3.63. The maximum Gasteiger partial charge on any atom is 0.490 e. The third kappa shape index (κ3) is 12.5. The van der Waals surface area contributed by atoms with Crippen molar-refractivity contribution in [2.24, 2.45) is 0 Å². The number of halogens is 3. The summed E-state index contributed by atoms with van der Waals surface area (Å²) in [5, 5.41) is 14.1. The number of benzene rings is 2. The van der Waals surface area contributed by atoms with Crippen LogP contribution in [0, 0.1) is 6.92 Å². The number of carbonyl (C=O) groups is 2. The van der Waals surface area contributed by atoms with Gasteiger partial charge in [0.2, 0.25) is 0 Å². The zero-order valence-corrected chi connectivity index (χ0v) is 24.7. The van der Waals surface area contributed by atoms with Gasteiger partial charge in [-0.3, -0.25) is 10.2 Å². The first-order valence-electron chi connectivity index (χ1n) is 14.4. The lowest BCUT2D eigenvalue weighted by atomic mass is 10.1. The van der Waals surface area contributed by atoms with Crippen molar-refractivity contribution < 1.29 is 27.9 Å². The number of alkyl halides is 3. The van der Waals surface area contributed by atoms with Crippen molar-refractivity contribution in [3.05, 3.63) is 77.0 Å². The van der Waals surface area contributed by atoms with Crippen LogP contribution in [0.1, 0.15) is 68.3 Å². The molecule has 230 valence electrons.